The van der Waals surface area contributed by atoms with Crippen LogP contribution < -0.4 is 10.3 Å². The van der Waals surface area contributed by atoms with Crippen molar-refractivity contribution in [3.63, 3.8) is 0 Å². The van der Waals surface area contributed by atoms with E-state index in [0.717, 1.165) is 49.0 Å². The lowest BCUT2D eigenvalue weighted by atomic mass is 10.1. The number of sulfonamides is 1. The van der Waals surface area contributed by atoms with Gasteiger partial charge in [-0.05, 0) is 54.8 Å². The maximum absolute atomic E-state index is 14.3. The summed E-state index contributed by atoms with van der Waals surface area (Å²) in [5.74, 6) is 0.505. The van der Waals surface area contributed by atoms with E-state index in [0.29, 0.717) is 55.4 Å². The number of aryl methyl sites for hydroxylation is 2. The lowest BCUT2D eigenvalue weighted by Gasteiger charge is -2.30. The molecule has 11 nitrogen and oxygen atoms in total. The number of nitrogens with zero attached hydrogens (tertiary/aromatic N) is 5. The van der Waals surface area contributed by atoms with Crippen LogP contribution in [0.3, 0.4) is 0 Å². The molecule has 1 N–H and O–H groups in total. The molecule has 230 valence electrons. The van der Waals surface area contributed by atoms with Gasteiger partial charge < -0.3 is 14.5 Å². The zero-order valence-corrected chi connectivity index (χ0v) is 25.9. The van der Waals surface area contributed by atoms with Crippen LogP contribution in [0.25, 0.3) is 22.2 Å². The van der Waals surface area contributed by atoms with Gasteiger partial charge in [0.05, 0.1) is 36.1 Å². The molecule has 1 aliphatic rings. The largest absolute Gasteiger partial charge is 0.493 e. The van der Waals surface area contributed by atoms with Gasteiger partial charge in [-0.3, -0.25) is 19.4 Å². The van der Waals surface area contributed by atoms with Crippen molar-refractivity contribution in [1.82, 2.24) is 29.0 Å². The topological polar surface area (TPSA) is 123 Å². The number of pyridine rings is 2. The van der Waals surface area contributed by atoms with Crippen molar-refractivity contribution >= 4 is 20.9 Å². The SMILES string of the molecule is CCCOc1ccc(S(=O)(=O)N(CCN2CCOCC2)Cc2ccncc2)cc1-c1cc2c(CCC)nn(C)c2c(=O)[nH]1. The highest BCUT2D eigenvalue weighted by Gasteiger charge is 2.27. The smallest absolute Gasteiger partial charge is 0.274 e. The number of morpholine rings is 1. The molecule has 43 heavy (non-hydrogen) atoms. The van der Waals surface area contributed by atoms with E-state index in [1.54, 1.807) is 42.3 Å². The Hall–Kier alpha value is -3.58. The second kappa shape index (κ2) is 13.8. The van der Waals surface area contributed by atoms with Gasteiger partial charge in [-0.15, -0.1) is 0 Å². The Morgan fingerprint density at radius 2 is 1.84 bits per heavy atom. The molecule has 0 spiro atoms. The van der Waals surface area contributed by atoms with Crippen molar-refractivity contribution in [2.24, 2.45) is 7.05 Å². The van der Waals surface area contributed by atoms with Crippen LogP contribution in [-0.2, 0) is 34.8 Å². The van der Waals surface area contributed by atoms with Crippen molar-refractivity contribution in [3.05, 3.63) is 70.4 Å². The Bertz CT molecular complexity index is 1700. The van der Waals surface area contributed by atoms with Gasteiger partial charge >= 0.3 is 0 Å². The summed E-state index contributed by atoms with van der Waals surface area (Å²) in [7, 11) is -2.18. The first-order chi connectivity index (χ1) is 20.8. The molecule has 1 aromatic carbocycles. The highest BCUT2D eigenvalue weighted by molar-refractivity contribution is 7.89. The molecule has 4 aromatic rings. The van der Waals surface area contributed by atoms with E-state index in [4.69, 9.17) is 9.47 Å². The Morgan fingerprint density at radius 3 is 2.56 bits per heavy atom. The zero-order valence-electron chi connectivity index (χ0n) is 25.1. The zero-order chi connectivity index (χ0) is 30.4. The number of aromatic nitrogens is 4. The predicted octanol–water partition coefficient (Wildman–Crippen LogP) is 3.59. The Kier molecular flexibility index (Phi) is 9.91. The molecule has 0 radical (unpaired) electrons. The summed E-state index contributed by atoms with van der Waals surface area (Å²) in [6, 6.07) is 10.4. The van der Waals surface area contributed by atoms with E-state index in [2.05, 4.69) is 26.9 Å². The van der Waals surface area contributed by atoms with Gasteiger partial charge in [-0.1, -0.05) is 20.3 Å². The van der Waals surface area contributed by atoms with Gasteiger partial charge in [0, 0.05) is 63.1 Å². The Morgan fingerprint density at radius 1 is 1.07 bits per heavy atom. The van der Waals surface area contributed by atoms with E-state index >= 15 is 0 Å². The monoisotopic (exact) mass is 608 g/mol. The molecule has 0 amide bonds. The highest BCUT2D eigenvalue weighted by atomic mass is 32.2. The van der Waals surface area contributed by atoms with Crippen LogP contribution in [0.2, 0.25) is 0 Å². The summed E-state index contributed by atoms with van der Waals surface area (Å²) < 4.78 is 43.2. The van der Waals surface area contributed by atoms with Crippen LogP contribution in [0.5, 0.6) is 5.75 Å². The maximum atomic E-state index is 14.3. The molecular formula is C31H40N6O5S. The van der Waals surface area contributed by atoms with Crippen molar-refractivity contribution in [2.75, 3.05) is 46.0 Å². The minimum absolute atomic E-state index is 0.128. The van der Waals surface area contributed by atoms with E-state index in [1.807, 2.05) is 25.1 Å². The molecule has 0 aliphatic carbocycles. The van der Waals surface area contributed by atoms with Crippen molar-refractivity contribution in [1.29, 1.82) is 0 Å². The van der Waals surface area contributed by atoms with Crippen LogP contribution in [0.4, 0.5) is 0 Å². The van der Waals surface area contributed by atoms with Gasteiger partial charge in [-0.25, -0.2) is 8.42 Å². The lowest BCUT2D eigenvalue weighted by molar-refractivity contribution is 0.0361. The minimum Gasteiger partial charge on any atom is -0.493 e. The molecule has 3 aromatic heterocycles. The molecule has 12 heteroatoms. The minimum atomic E-state index is -3.94. The number of ether oxygens (including phenoxy) is 2. The fourth-order valence-electron chi connectivity index (χ4n) is 5.37. The quantitative estimate of drug-likeness (QED) is 0.244. The first kappa shape index (κ1) is 30.9. The standard InChI is InChI=1S/C31H40N6O5S/c1-4-6-27-26-21-28(33-31(38)30(26)35(3)34-27)25-20-24(7-8-29(25)42-17-5-2)43(39,40)37(22-23-9-11-32-12-10-23)14-13-36-15-18-41-19-16-36/h7-12,20-21H,4-6,13-19,22H2,1-3H3,(H,33,38). The third kappa shape index (κ3) is 6.98. The number of hydrogen-bond donors (Lipinski definition) is 1. The number of fused-ring (bicyclic) bond motifs is 1. The highest BCUT2D eigenvalue weighted by Crippen LogP contribution is 2.34. The third-order valence-corrected chi connectivity index (χ3v) is 9.46. The molecule has 1 saturated heterocycles. The number of nitrogens with one attached hydrogen (secondary N) is 1. The summed E-state index contributed by atoms with van der Waals surface area (Å²) in [5.41, 5.74) is 2.87. The maximum Gasteiger partial charge on any atom is 0.274 e. The average Bonchev–Trinajstić information content (AvgIpc) is 3.34. The molecule has 1 aliphatic heterocycles. The van der Waals surface area contributed by atoms with E-state index in [9.17, 15) is 13.2 Å². The molecule has 5 rings (SSSR count). The van der Waals surface area contributed by atoms with E-state index < -0.39 is 10.0 Å². The summed E-state index contributed by atoms with van der Waals surface area (Å²) in [4.78, 5) is 22.7. The number of hydrogen-bond acceptors (Lipinski definition) is 8. The lowest BCUT2D eigenvalue weighted by Crippen LogP contribution is -2.42. The molecular weight excluding hydrogens is 568 g/mol. The molecule has 0 unspecified atom stereocenters. The predicted molar refractivity (Wildman–Crippen MR) is 166 cm³/mol. The third-order valence-electron chi connectivity index (χ3n) is 7.62. The van der Waals surface area contributed by atoms with Gasteiger partial charge in [0.25, 0.3) is 5.56 Å². The van der Waals surface area contributed by atoms with Gasteiger partial charge in [0.2, 0.25) is 10.0 Å². The van der Waals surface area contributed by atoms with Crippen molar-refractivity contribution < 1.29 is 17.9 Å². The second-order valence-electron chi connectivity index (χ2n) is 10.7. The molecule has 1 fully saturated rings. The van der Waals surface area contributed by atoms with Crippen LogP contribution in [0.1, 0.15) is 37.9 Å². The summed E-state index contributed by atoms with van der Waals surface area (Å²) in [5, 5.41) is 5.33. The fourth-order valence-corrected chi connectivity index (χ4v) is 6.81. The summed E-state index contributed by atoms with van der Waals surface area (Å²) in [6.45, 7) is 8.43. The number of aromatic amines is 1. The Balaban J connectivity index is 1.57. The van der Waals surface area contributed by atoms with Crippen LogP contribution in [0, 0.1) is 0 Å². The molecule has 4 heterocycles. The summed E-state index contributed by atoms with van der Waals surface area (Å²) >= 11 is 0. The van der Waals surface area contributed by atoms with Crippen LogP contribution in [-0.4, -0.2) is 83.4 Å². The van der Waals surface area contributed by atoms with Gasteiger partial charge in [0.1, 0.15) is 11.3 Å². The van der Waals surface area contributed by atoms with E-state index in [1.165, 1.54) is 4.31 Å². The number of benzene rings is 1. The first-order valence-corrected chi connectivity index (χ1v) is 16.3. The van der Waals surface area contributed by atoms with Gasteiger partial charge in [0.15, 0.2) is 0 Å². The first-order valence-electron chi connectivity index (χ1n) is 14.9. The normalized spacial score (nSPS) is 14.5. The second-order valence-corrected chi connectivity index (χ2v) is 12.7. The van der Waals surface area contributed by atoms with Crippen LogP contribution >= 0.6 is 0 Å². The Labute approximate surface area is 252 Å². The summed E-state index contributed by atoms with van der Waals surface area (Å²) in [6.07, 6.45) is 5.71. The van der Waals surface area contributed by atoms with Crippen molar-refractivity contribution in [2.45, 2.75) is 44.6 Å². The molecule has 0 atom stereocenters. The number of rotatable bonds is 13. The molecule has 0 saturated carbocycles. The van der Waals surface area contributed by atoms with E-state index in [-0.39, 0.29) is 17.0 Å². The molecule has 0 bridgehead atoms. The average molecular weight is 609 g/mol. The van der Waals surface area contributed by atoms with Crippen molar-refractivity contribution in [3.8, 4) is 17.0 Å². The van der Waals surface area contributed by atoms with Crippen LogP contribution in [0.15, 0.2) is 58.5 Å². The number of H-pyrrole nitrogens is 1. The fraction of sp³-hybridized carbons (Fsp3) is 0.452. The van der Waals surface area contributed by atoms with Gasteiger partial charge in [-0.2, -0.15) is 9.40 Å².